The van der Waals surface area contributed by atoms with Gasteiger partial charge in [0, 0.05) is 11.9 Å². The molecular formula is C15H17NO2S. The minimum Gasteiger partial charge on any atom is -0.493 e. The fourth-order valence-electron chi connectivity index (χ4n) is 1.69. The van der Waals surface area contributed by atoms with E-state index in [9.17, 15) is 4.79 Å². The fraction of sp³-hybridized carbons (Fsp3) is 0.267. The van der Waals surface area contributed by atoms with Crippen LogP contribution in [0.4, 0.5) is 0 Å². The van der Waals surface area contributed by atoms with E-state index >= 15 is 0 Å². The van der Waals surface area contributed by atoms with Gasteiger partial charge in [0.15, 0.2) is 0 Å². The Morgan fingerprint density at radius 2 is 2.00 bits per heavy atom. The van der Waals surface area contributed by atoms with E-state index in [0.717, 1.165) is 5.75 Å². The number of thiophene rings is 1. The summed E-state index contributed by atoms with van der Waals surface area (Å²) < 4.78 is 5.52. The Balaban J connectivity index is 1.72. The van der Waals surface area contributed by atoms with Crippen LogP contribution in [0, 0.1) is 0 Å². The van der Waals surface area contributed by atoms with Crippen molar-refractivity contribution in [2.24, 2.45) is 0 Å². The summed E-state index contributed by atoms with van der Waals surface area (Å²) in [5.41, 5.74) is 0. The zero-order chi connectivity index (χ0) is 13.5. The summed E-state index contributed by atoms with van der Waals surface area (Å²) in [5.74, 6) is 0.903. The van der Waals surface area contributed by atoms with E-state index in [-0.39, 0.29) is 5.91 Å². The van der Waals surface area contributed by atoms with Gasteiger partial charge in [-0.3, -0.25) is 4.79 Å². The number of ether oxygens (including phenoxy) is 1. The maximum atomic E-state index is 11.9. The highest BCUT2D eigenvalue weighted by Crippen LogP contribution is 2.12. The molecular weight excluding hydrogens is 258 g/mol. The molecule has 0 bridgehead atoms. The summed E-state index contributed by atoms with van der Waals surface area (Å²) in [6, 6.07) is 13.6. The first kappa shape index (κ1) is 13.6. The molecule has 1 aromatic carbocycles. The van der Waals surface area contributed by atoms with Crippen molar-refractivity contribution in [2.75, 3.05) is 13.7 Å². The standard InChI is InChI=1S/C15H17NO2S/c1-16(12-14-8-5-11-19-14)15(17)9-10-18-13-6-3-2-4-7-13/h2-8,11H,9-10,12H2,1H3. The Morgan fingerprint density at radius 3 is 2.68 bits per heavy atom. The third kappa shape index (κ3) is 4.41. The Labute approximate surface area is 117 Å². The molecule has 19 heavy (non-hydrogen) atoms. The maximum Gasteiger partial charge on any atom is 0.226 e. The van der Waals surface area contributed by atoms with E-state index in [1.807, 2.05) is 54.9 Å². The number of nitrogens with zero attached hydrogens (tertiary/aromatic N) is 1. The SMILES string of the molecule is CN(Cc1cccs1)C(=O)CCOc1ccccc1. The number of amides is 1. The summed E-state index contributed by atoms with van der Waals surface area (Å²) >= 11 is 1.66. The molecule has 0 aliphatic carbocycles. The van der Waals surface area contributed by atoms with E-state index < -0.39 is 0 Å². The molecule has 3 nitrogen and oxygen atoms in total. The van der Waals surface area contributed by atoms with E-state index in [2.05, 4.69) is 0 Å². The summed E-state index contributed by atoms with van der Waals surface area (Å²) in [6.07, 6.45) is 0.400. The molecule has 0 aliphatic heterocycles. The number of carbonyl (C=O) groups excluding carboxylic acids is 1. The smallest absolute Gasteiger partial charge is 0.226 e. The predicted molar refractivity (Wildman–Crippen MR) is 77.3 cm³/mol. The molecule has 4 heteroatoms. The molecule has 0 atom stereocenters. The van der Waals surface area contributed by atoms with Gasteiger partial charge >= 0.3 is 0 Å². The van der Waals surface area contributed by atoms with Gasteiger partial charge in [-0.2, -0.15) is 0 Å². The molecule has 0 fully saturated rings. The molecule has 0 aliphatic rings. The summed E-state index contributed by atoms with van der Waals surface area (Å²) in [5, 5.41) is 2.02. The van der Waals surface area contributed by atoms with Crippen molar-refractivity contribution in [3.63, 3.8) is 0 Å². The van der Waals surface area contributed by atoms with Crippen LogP contribution in [0.15, 0.2) is 47.8 Å². The lowest BCUT2D eigenvalue weighted by atomic mass is 10.3. The lowest BCUT2D eigenvalue weighted by Crippen LogP contribution is -2.27. The topological polar surface area (TPSA) is 29.5 Å². The monoisotopic (exact) mass is 275 g/mol. The Bertz CT molecular complexity index is 496. The second-order valence-corrected chi connectivity index (χ2v) is 5.27. The van der Waals surface area contributed by atoms with Gasteiger partial charge in [0.05, 0.1) is 19.6 Å². The number of carbonyl (C=O) groups is 1. The first-order valence-corrected chi connectivity index (χ1v) is 7.08. The van der Waals surface area contributed by atoms with E-state index in [0.29, 0.717) is 19.6 Å². The third-order valence-electron chi connectivity index (χ3n) is 2.73. The second-order valence-electron chi connectivity index (χ2n) is 4.24. The molecule has 1 aromatic heterocycles. The van der Waals surface area contributed by atoms with Crippen LogP contribution in [0.5, 0.6) is 5.75 Å². The number of hydrogen-bond donors (Lipinski definition) is 0. The molecule has 0 spiro atoms. The lowest BCUT2D eigenvalue weighted by molar-refractivity contribution is -0.130. The third-order valence-corrected chi connectivity index (χ3v) is 3.59. The van der Waals surface area contributed by atoms with Crippen molar-refractivity contribution in [1.29, 1.82) is 0 Å². The van der Waals surface area contributed by atoms with Crippen LogP contribution >= 0.6 is 11.3 Å². The van der Waals surface area contributed by atoms with Gasteiger partial charge in [-0.15, -0.1) is 11.3 Å². The van der Waals surface area contributed by atoms with Crippen molar-refractivity contribution in [1.82, 2.24) is 4.90 Å². The highest BCUT2D eigenvalue weighted by Gasteiger charge is 2.09. The molecule has 2 rings (SSSR count). The average molecular weight is 275 g/mol. The minimum atomic E-state index is 0.101. The molecule has 100 valence electrons. The molecule has 0 N–H and O–H groups in total. The van der Waals surface area contributed by atoms with E-state index in [4.69, 9.17) is 4.74 Å². The predicted octanol–water partition coefficient (Wildman–Crippen LogP) is 3.18. The largest absolute Gasteiger partial charge is 0.493 e. The fourth-order valence-corrected chi connectivity index (χ4v) is 2.45. The molecule has 0 unspecified atom stereocenters. The molecule has 0 radical (unpaired) electrons. The molecule has 2 aromatic rings. The van der Waals surface area contributed by atoms with Crippen LogP contribution in [0.25, 0.3) is 0 Å². The molecule has 0 saturated carbocycles. The average Bonchev–Trinajstić information content (AvgIpc) is 2.92. The van der Waals surface area contributed by atoms with Gasteiger partial charge < -0.3 is 9.64 Å². The van der Waals surface area contributed by atoms with Crippen molar-refractivity contribution in [3.8, 4) is 5.75 Å². The Hall–Kier alpha value is -1.81. The number of benzene rings is 1. The van der Waals surface area contributed by atoms with Gasteiger partial charge in [-0.05, 0) is 23.6 Å². The quantitative estimate of drug-likeness (QED) is 0.810. The van der Waals surface area contributed by atoms with Crippen LogP contribution in [-0.2, 0) is 11.3 Å². The zero-order valence-electron chi connectivity index (χ0n) is 10.9. The zero-order valence-corrected chi connectivity index (χ0v) is 11.7. The van der Waals surface area contributed by atoms with Crippen molar-refractivity contribution in [2.45, 2.75) is 13.0 Å². The first-order valence-electron chi connectivity index (χ1n) is 6.20. The van der Waals surface area contributed by atoms with Gasteiger partial charge in [0.25, 0.3) is 0 Å². The van der Waals surface area contributed by atoms with Crippen molar-refractivity contribution in [3.05, 3.63) is 52.7 Å². The molecule has 1 amide bonds. The first-order chi connectivity index (χ1) is 9.25. The van der Waals surface area contributed by atoms with Gasteiger partial charge in [0.2, 0.25) is 5.91 Å². The highest BCUT2D eigenvalue weighted by atomic mass is 32.1. The summed E-state index contributed by atoms with van der Waals surface area (Å²) in [6.45, 7) is 1.08. The lowest BCUT2D eigenvalue weighted by Gasteiger charge is -2.16. The van der Waals surface area contributed by atoms with Crippen LogP contribution < -0.4 is 4.74 Å². The highest BCUT2D eigenvalue weighted by molar-refractivity contribution is 7.09. The van der Waals surface area contributed by atoms with Crippen LogP contribution in [-0.4, -0.2) is 24.5 Å². The van der Waals surface area contributed by atoms with Crippen LogP contribution in [0.2, 0.25) is 0 Å². The molecule has 0 saturated heterocycles. The van der Waals surface area contributed by atoms with Gasteiger partial charge in [-0.25, -0.2) is 0 Å². The maximum absolute atomic E-state index is 11.9. The number of hydrogen-bond acceptors (Lipinski definition) is 3. The Morgan fingerprint density at radius 1 is 1.21 bits per heavy atom. The van der Waals surface area contributed by atoms with Crippen LogP contribution in [0.1, 0.15) is 11.3 Å². The van der Waals surface area contributed by atoms with Gasteiger partial charge in [0.1, 0.15) is 5.75 Å². The minimum absolute atomic E-state index is 0.101. The summed E-state index contributed by atoms with van der Waals surface area (Å²) in [4.78, 5) is 14.8. The van der Waals surface area contributed by atoms with Crippen molar-refractivity contribution >= 4 is 17.2 Å². The number of rotatable bonds is 6. The summed E-state index contributed by atoms with van der Waals surface area (Å²) in [7, 11) is 1.82. The Kier molecular flexibility index (Phi) is 4.98. The van der Waals surface area contributed by atoms with Crippen molar-refractivity contribution < 1.29 is 9.53 Å². The number of para-hydroxylation sites is 1. The van der Waals surface area contributed by atoms with E-state index in [1.165, 1.54) is 4.88 Å². The van der Waals surface area contributed by atoms with E-state index in [1.54, 1.807) is 16.2 Å². The normalized spacial score (nSPS) is 10.2. The van der Waals surface area contributed by atoms with Gasteiger partial charge in [-0.1, -0.05) is 24.3 Å². The van der Waals surface area contributed by atoms with Crippen LogP contribution in [0.3, 0.4) is 0 Å². The second kappa shape index (κ2) is 6.95. The molecule has 1 heterocycles.